The summed E-state index contributed by atoms with van der Waals surface area (Å²) in [5.74, 6) is -0.850. The Balaban J connectivity index is 1.97. The summed E-state index contributed by atoms with van der Waals surface area (Å²) >= 11 is 0. The van der Waals surface area contributed by atoms with Gasteiger partial charge in [0, 0.05) is 12.3 Å². The fourth-order valence-electron chi connectivity index (χ4n) is 3.93. The second kappa shape index (κ2) is 9.88. The second-order valence-electron chi connectivity index (χ2n) is 8.23. The maximum absolute atomic E-state index is 14.7. The summed E-state index contributed by atoms with van der Waals surface area (Å²) in [4.78, 5) is 40.1. The van der Waals surface area contributed by atoms with E-state index in [1.807, 2.05) is 0 Å². The predicted octanol–water partition coefficient (Wildman–Crippen LogP) is 1.45. The molecule has 0 saturated carbocycles. The first-order chi connectivity index (χ1) is 17.1. The molecule has 0 spiro atoms. The molecule has 0 aliphatic heterocycles. The van der Waals surface area contributed by atoms with E-state index in [2.05, 4.69) is 0 Å². The highest BCUT2D eigenvalue weighted by molar-refractivity contribution is 7.90. The molecule has 0 fully saturated rings. The number of hydrogen-bond donors (Lipinski definition) is 1. The Hall–Kier alpha value is -4.09. The van der Waals surface area contributed by atoms with E-state index in [0.717, 1.165) is 16.9 Å². The lowest BCUT2D eigenvalue weighted by Crippen LogP contribution is -2.55. The molecule has 4 rings (SSSR count). The number of rotatable bonds is 7. The first-order valence-corrected chi connectivity index (χ1v) is 12.8. The molecule has 36 heavy (non-hydrogen) atoms. The van der Waals surface area contributed by atoms with Crippen LogP contribution in [0.3, 0.4) is 0 Å². The summed E-state index contributed by atoms with van der Waals surface area (Å²) in [6, 6.07) is 19.0. The van der Waals surface area contributed by atoms with E-state index in [1.165, 1.54) is 36.4 Å². The zero-order valence-corrected chi connectivity index (χ0v) is 20.1. The van der Waals surface area contributed by atoms with Gasteiger partial charge in [0.1, 0.15) is 5.82 Å². The van der Waals surface area contributed by atoms with Gasteiger partial charge in [-0.1, -0.05) is 60.7 Å². The minimum atomic E-state index is -3.69. The average molecular weight is 511 g/mol. The highest BCUT2D eigenvalue weighted by Gasteiger charge is 2.22. The van der Waals surface area contributed by atoms with Crippen LogP contribution in [-0.2, 0) is 22.9 Å². The van der Waals surface area contributed by atoms with E-state index in [1.54, 1.807) is 36.4 Å². The molecular formula is C25H23FN4O5S. The van der Waals surface area contributed by atoms with Gasteiger partial charge in [-0.3, -0.25) is 0 Å². The maximum atomic E-state index is 14.7. The van der Waals surface area contributed by atoms with Crippen LogP contribution in [0, 0.1) is 5.82 Å². The lowest BCUT2D eigenvalue weighted by Gasteiger charge is -2.18. The van der Waals surface area contributed by atoms with Crippen molar-refractivity contribution in [3.63, 3.8) is 0 Å². The lowest BCUT2D eigenvalue weighted by atomic mass is 10.1. The average Bonchev–Trinajstić information content (AvgIpc) is 2.85. The van der Waals surface area contributed by atoms with E-state index < -0.39 is 45.3 Å². The van der Waals surface area contributed by atoms with Gasteiger partial charge in [-0.05, 0) is 29.3 Å². The van der Waals surface area contributed by atoms with Gasteiger partial charge >= 0.3 is 17.1 Å². The predicted molar refractivity (Wildman–Crippen MR) is 133 cm³/mol. The van der Waals surface area contributed by atoms with Crippen LogP contribution in [0.2, 0.25) is 0 Å². The third-order valence-corrected chi connectivity index (χ3v) is 6.90. The number of hydrogen-bond acceptors (Lipinski definition) is 6. The first-order valence-electron chi connectivity index (χ1n) is 10.9. The number of benzene rings is 3. The molecule has 0 amide bonds. The summed E-state index contributed by atoms with van der Waals surface area (Å²) < 4.78 is 41.2. The number of para-hydroxylation sites is 1. The van der Waals surface area contributed by atoms with E-state index in [0.29, 0.717) is 14.7 Å². The highest BCUT2D eigenvalue weighted by Crippen LogP contribution is 2.16. The van der Waals surface area contributed by atoms with Crippen LogP contribution in [0.15, 0.2) is 98.1 Å². The third kappa shape index (κ3) is 4.83. The first kappa shape index (κ1) is 25.0. The quantitative estimate of drug-likeness (QED) is 0.401. The summed E-state index contributed by atoms with van der Waals surface area (Å²) in [6.45, 7) is -0.764. The largest absolute Gasteiger partial charge is 0.341 e. The molecule has 4 aromatic rings. The van der Waals surface area contributed by atoms with Crippen LogP contribution >= 0.6 is 0 Å². The van der Waals surface area contributed by atoms with Crippen molar-refractivity contribution in [2.45, 2.75) is 24.0 Å². The summed E-state index contributed by atoms with van der Waals surface area (Å²) in [6.07, 6.45) is 1.01. The maximum Gasteiger partial charge on any atom is 0.341 e. The minimum absolute atomic E-state index is 0.0764. The summed E-state index contributed by atoms with van der Waals surface area (Å²) in [7, 11) is -3.69. The summed E-state index contributed by atoms with van der Waals surface area (Å²) in [5.41, 5.74) is 3.55. The van der Waals surface area contributed by atoms with Crippen LogP contribution in [0.25, 0.3) is 5.69 Å². The Kier molecular flexibility index (Phi) is 6.86. The van der Waals surface area contributed by atoms with Crippen molar-refractivity contribution in [1.82, 2.24) is 13.7 Å². The molecule has 2 N–H and O–H groups in total. The molecule has 0 bridgehead atoms. The van der Waals surface area contributed by atoms with Gasteiger partial charge in [-0.25, -0.2) is 40.9 Å². The van der Waals surface area contributed by atoms with Crippen molar-refractivity contribution in [2.24, 2.45) is 5.73 Å². The molecule has 186 valence electrons. The lowest BCUT2D eigenvalue weighted by molar-refractivity contribution is 0.463. The molecule has 0 aliphatic rings. The molecule has 3 aromatic carbocycles. The Labute approximate surface area is 205 Å². The standard InChI is InChI=1S/C25H23FN4O5S/c1-36(34,35)22-14-8-5-11-18(22)15-28-23(31)29(16-20(27)17-9-3-2-4-10-17)25(33)30(24(28)32)21-13-7-6-12-19(21)26/h2-14,20H,15-16,27H2,1H3. The van der Waals surface area contributed by atoms with E-state index in [-0.39, 0.29) is 22.7 Å². The molecule has 1 unspecified atom stereocenters. The van der Waals surface area contributed by atoms with Gasteiger partial charge in [0.05, 0.1) is 23.7 Å². The van der Waals surface area contributed by atoms with Crippen LogP contribution in [0.4, 0.5) is 4.39 Å². The normalized spacial score (nSPS) is 12.4. The van der Waals surface area contributed by atoms with Crippen LogP contribution in [0.5, 0.6) is 0 Å². The van der Waals surface area contributed by atoms with Crippen LogP contribution in [-0.4, -0.2) is 28.4 Å². The number of nitrogens with two attached hydrogens (primary N) is 1. The molecule has 1 aromatic heterocycles. The van der Waals surface area contributed by atoms with Gasteiger partial charge in [0.25, 0.3) is 0 Å². The smallest absolute Gasteiger partial charge is 0.322 e. The van der Waals surface area contributed by atoms with Gasteiger partial charge in [0.2, 0.25) is 0 Å². The van der Waals surface area contributed by atoms with Crippen molar-refractivity contribution in [3.05, 3.63) is 127 Å². The van der Waals surface area contributed by atoms with Crippen LogP contribution in [0.1, 0.15) is 17.2 Å². The second-order valence-corrected chi connectivity index (χ2v) is 10.2. The number of aromatic nitrogens is 3. The molecule has 0 saturated heterocycles. The number of halogens is 1. The Morgan fingerprint density at radius 2 is 1.39 bits per heavy atom. The molecule has 0 radical (unpaired) electrons. The van der Waals surface area contributed by atoms with E-state index in [4.69, 9.17) is 5.73 Å². The van der Waals surface area contributed by atoms with Crippen LogP contribution < -0.4 is 22.8 Å². The monoisotopic (exact) mass is 510 g/mol. The zero-order valence-electron chi connectivity index (χ0n) is 19.2. The molecule has 0 aliphatic carbocycles. The van der Waals surface area contributed by atoms with Gasteiger partial charge < -0.3 is 5.73 Å². The topological polar surface area (TPSA) is 126 Å². The fourth-order valence-corrected chi connectivity index (χ4v) is 4.87. The fraction of sp³-hybridized carbons (Fsp3) is 0.160. The van der Waals surface area contributed by atoms with Crippen molar-refractivity contribution >= 4 is 9.84 Å². The molecule has 11 heteroatoms. The SMILES string of the molecule is CS(=O)(=O)c1ccccc1Cn1c(=O)n(CC(N)c2ccccc2)c(=O)n(-c2ccccc2F)c1=O. The third-order valence-electron chi connectivity index (χ3n) is 5.71. The Morgan fingerprint density at radius 3 is 2.06 bits per heavy atom. The van der Waals surface area contributed by atoms with Crippen molar-refractivity contribution in [3.8, 4) is 5.69 Å². The Morgan fingerprint density at radius 1 is 0.806 bits per heavy atom. The minimum Gasteiger partial charge on any atom is -0.322 e. The highest BCUT2D eigenvalue weighted by atomic mass is 32.2. The molecular weight excluding hydrogens is 487 g/mol. The number of sulfone groups is 1. The van der Waals surface area contributed by atoms with Gasteiger partial charge in [-0.15, -0.1) is 0 Å². The molecule has 1 atom stereocenters. The van der Waals surface area contributed by atoms with E-state index in [9.17, 15) is 27.2 Å². The van der Waals surface area contributed by atoms with Gasteiger partial charge in [0.15, 0.2) is 9.84 Å². The summed E-state index contributed by atoms with van der Waals surface area (Å²) in [5, 5.41) is 0. The van der Waals surface area contributed by atoms with Crippen molar-refractivity contribution < 1.29 is 12.8 Å². The van der Waals surface area contributed by atoms with Gasteiger partial charge in [-0.2, -0.15) is 0 Å². The molecule has 9 nitrogen and oxygen atoms in total. The molecule has 1 heterocycles. The number of nitrogens with zero attached hydrogens (tertiary/aromatic N) is 3. The Bertz CT molecular complexity index is 1710. The van der Waals surface area contributed by atoms with Crippen molar-refractivity contribution in [2.75, 3.05) is 6.26 Å². The van der Waals surface area contributed by atoms with E-state index >= 15 is 0 Å². The zero-order chi connectivity index (χ0) is 26.0. The van der Waals surface area contributed by atoms with Crippen molar-refractivity contribution in [1.29, 1.82) is 0 Å².